The third-order valence-corrected chi connectivity index (χ3v) is 4.46. The van der Waals surface area contributed by atoms with Gasteiger partial charge in [-0.1, -0.05) is 43.2 Å². The quantitative estimate of drug-likeness (QED) is 0.871. The number of amides is 1. The van der Waals surface area contributed by atoms with Gasteiger partial charge >= 0.3 is 0 Å². The van der Waals surface area contributed by atoms with Gasteiger partial charge in [-0.15, -0.1) is 0 Å². The van der Waals surface area contributed by atoms with Crippen molar-refractivity contribution in [2.24, 2.45) is 0 Å². The Hall–Kier alpha value is -1.35. The van der Waals surface area contributed by atoms with Crippen molar-refractivity contribution in [3.8, 4) is 0 Å². The number of likely N-dealkylation sites (tertiary alicyclic amines) is 1. The van der Waals surface area contributed by atoms with Crippen molar-refractivity contribution in [2.75, 3.05) is 13.1 Å². The predicted molar refractivity (Wildman–Crippen MR) is 87.1 cm³/mol. The summed E-state index contributed by atoms with van der Waals surface area (Å²) in [6.07, 6.45) is 5.73. The van der Waals surface area contributed by atoms with Crippen LogP contribution in [-0.2, 0) is 11.3 Å². The molecule has 1 saturated heterocycles. The molecule has 1 aliphatic rings. The molecule has 1 N–H and O–H groups in total. The summed E-state index contributed by atoms with van der Waals surface area (Å²) in [5.74, 6) is 0.163. The zero-order chi connectivity index (χ0) is 15.1. The van der Waals surface area contributed by atoms with E-state index in [-0.39, 0.29) is 5.91 Å². The molecule has 1 aromatic carbocycles. The first-order chi connectivity index (χ1) is 10.2. The summed E-state index contributed by atoms with van der Waals surface area (Å²) in [5, 5.41) is 3.03. The Labute approximate surface area is 128 Å². The second-order valence-corrected chi connectivity index (χ2v) is 6.11. The largest absolute Gasteiger partial charge is 0.352 e. The molecule has 2 rings (SSSR count). The van der Waals surface area contributed by atoms with Crippen molar-refractivity contribution in [1.29, 1.82) is 0 Å². The van der Waals surface area contributed by atoms with Gasteiger partial charge in [0.1, 0.15) is 0 Å². The van der Waals surface area contributed by atoms with Crippen LogP contribution in [-0.4, -0.2) is 29.9 Å². The zero-order valence-electron chi connectivity index (χ0n) is 13.4. The molecule has 1 unspecified atom stereocenters. The van der Waals surface area contributed by atoms with E-state index in [1.54, 1.807) is 0 Å². The maximum absolute atomic E-state index is 12.0. The van der Waals surface area contributed by atoms with E-state index in [4.69, 9.17) is 0 Å². The van der Waals surface area contributed by atoms with E-state index >= 15 is 0 Å². The highest BCUT2D eigenvalue weighted by molar-refractivity contribution is 5.76. The minimum atomic E-state index is 0.163. The molecule has 1 fully saturated rings. The summed E-state index contributed by atoms with van der Waals surface area (Å²) in [5.41, 5.74) is 2.42. The third kappa shape index (κ3) is 5.16. The van der Waals surface area contributed by atoms with Gasteiger partial charge in [-0.3, -0.25) is 9.69 Å². The van der Waals surface area contributed by atoms with Crippen LogP contribution < -0.4 is 5.32 Å². The van der Waals surface area contributed by atoms with E-state index in [1.165, 1.54) is 36.8 Å². The van der Waals surface area contributed by atoms with Crippen molar-refractivity contribution < 1.29 is 4.79 Å². The van der Waals surface area contributed by atoms with Crippen LogP contribution in [0.3, 0.4) is 0 Å². The number of nitrogens with zero attached hydrogens (tertiary/aromatic N) is 1. The van der Waals surface area contributed by atoms with Gasteiger partial charge in [-0.2, -0.15) is 0 Å². The molecule has 1 amide bonds. The Morgan fingerprint density at radius 3 is 2.76 bits per heavy atom. The van der Waals surface area contributed by atoms with E-state index in [2.05, 4.69) is 48.3 Å². The fourth-order valence-corrected chi connectivity index (χ4v) is 3.06. The van der Waals surface area contributed by atoms with Gasteiger partial charge in [-0.05, 0) is 38.3 Å². The molecule has 0 aliphatic carbocycles. The molecule has 0 spiro atoms. The molecule has 1 heterocycles. The van der Waals surface area contributed by atoms with Crippen molar-refractivity contribution in [3.05, 3.63) is 35.4 Å². The van der Waals surface area contributed by atoms with Crippen LogP contribution in [0.1, 0.15) is 50.2 Å². The fraction of sp³-hybridized carbons (Fsp3) is 0.611. The monoisotopic (exact) mass is 288 g/mol. The number of carbonyl (C=O) groups is 1. The maximum Gasteiger partial charge on any atom is 0.221 e. The minimum Gasteiger partial charge on any atom is -0.352 e. The van der Waals surface area contributed by atoms with E-state index in [1.807, 2.05) is 0 Å². The molecule has 116 valence electrons. The number of carbonyl (C=O) groups excluding carboxylic acids is 1. The van der Waals surface area contributed by atoms with Crippen molar-refractivity contribution >= 4 is 5.91 Å². The third-order valence-electron chi connectivity index (χ3n) is 4.46. The molecule has 3 nitrogen and oxygen atoms in total. The van der Waals surface area contributed by atoms with Crippen molar-refractivity contribution in [1.82, 2.24) is 10.2 Å². The molecular weight excluding hydrogens is 260 g/mol. The molecular formula is C18H28N2O. The smallest absolute Gasteiger partial charge is 0.221 e. The molecule has 1 atom stereocenters. The summed E-state index contributed by atoms with van der Waals surface area (Å²) in [6.45, 7) is 7.02. The molecule has 1 aliphatic heterocycles. The van der Waals surface area contributed by atoms with Gasteiger partial charge < -0.3 is 5.32 Å². The lowest BCUT2D eigenvalue weighted by Crippen LogP contribution is -2.41. The summed E-state index contributed by atoms with van der Waals surface area (Å²) in [7, 11) is 0. The van der Waals surface area contributed by atoms with Gasteiger partial charge in [-0.25, -0.2) is 0 Å². The second kappa shape index (κ2) is 8.18. The van der Waals surface area contributed by atoms with Crippen LogP contribution in [0.15, 0.2) is 24.3 Å². The first-order valence-corrected chi connectivity index (χ1v) is 8.25. The zero-order valence-corrected chi connectivity index (χ0v) is 13.4. The highest BCUT2D eigenvalue weighted by Gasteiger charge is 2.20. The van der Waals surface area contributed by atoms with Gasteiger partial charge in [0.2, 0.25) is 5.91 Å². The van der Waals surface area contributed by atoms with Gasteiger partial charge in [0.05, 0.1) is 0 Å². The topological polar surface area (TPSA) is 32.3 Å². The lowest BCUT2D eigenvalue weighted by atomic mass is 10.00. The number of piperidine rings is 1. The molecule has 0 radical (unpaired) electrons. The number of benzene rings is 1. The van der Waals surface area contributed by atoms with Crippen LogP contribution >= 0.6 is 0 Å². The Balaban J connectivity index is 1.70. The lowest BCUT2D eigenvalue weighted by Gasteiger charge is -2.35. The van der Waals surface area contributed by atoms with Crippen LogP contribution in [0.25, 0.3) is 0 Å². The highest BCUT2D eigenvalue weighted by atomic mass is 16.1. The van der Waals surface area contributed by atoms with E-state index in [0.29, 0.717) is 19.0 Å². The fourth-order valence-electron chi connectivity index (χ4n) is 3.06. The maximum atomic E-state index is 12.0. The number of hydrogen-bond acceptors (Lipinski definition) is 2. The van der Waals surface area contributed by atoms with Crippen LogP contribution in [0, 0.1) is 6.92 Å². The van der Waals surface area contributed by atoms with E-state index in [9.17, 15) is 4.79 Å². The summed E-state index contributed by atoms with van der Waals surface area (Å²) in [4.78, 5) is 14.5. The summed E-state index contributed by atoms with van der Waals surface area (Å²) >= 11 is 0. The normalized spacial score (nSPS) is 19.4. The summed E-state index contributed by atoms with van der Waals surface area (Å²) < 4.78 is 0. The number of hydrogen-bond donors (Lipinski definition) is 1. The number of rotatable bonds is 6. The Kier molecular flexibility index (Phi) is 6.24. The highest BCUT2D eigenvalue weighted by Crippen LogP contribution is 2.19. The average Bonchev–Trinajstić information content (AvgIpc) is 2.52. The van der Waals surface area contributed by atoms with Crippen LogP contribution in [0.5, 0.6) is 0 Å². The Morgan fingerprint density at radius 1 is 1.29 bits per heavy atom. The molecule has 21 heavy (non-hydrogen) atoms. The molecule has 0 bridgehead atoms. The Morgan fingerprint density at radius 2 is 2.05 bits per heavy atom. The number of aryl methyl sites for hydroxylation is 1. The second-order valence-electron chi connectivity index (χ2n) is 6.11. The first kappa shape index (κ1) is 16.0. The SMILES string of the molecule is CCC1CCCCN1CCC(=O)NCc1ccc(C)cc1. The van der Waals surface area contributed by atoms with Gasteiger partial charge in [0.25, 0.3) is 0 Å². The lowest BCUT2D eigenvalue weighted by molar-refractivity contribution is -0.121. The van der Waals surface area contributed by atoms with E-state index in [0.717, 1.165) is 13.1 Å². The standard InChI is InChI=1S/C18H28N2O/c1-3-17-6-4-5-12-20(17)13-11-18(21)19-14-16-9-7-15(2)8-10-16/h7-10,17H,3-6,11-14H2,1-2H3,(H,19,21). The minimum absolute atomic E-state index is 0.163. The van der Waals surface area contributed by atoms with Crippen molar-refractivity contribution in [3.63, 3.8) is 0 Å². The molecule has 0 saturated carbocycles. The Bertz CT molecular complexity index is 441. The van der Waals surface area contributed by atoms with E-state index < -0.39 is 0 Å². The predicted octanol–water partition coefficient (Wildman–Crippen LogP) is 3.27. The van der Waals surface area contributed by atoms with Crippen LogP contribution in [0.4, 0.5) is 0 Å². The number of nitrogens with one attached hydrogen (secondary N) is 1. The molecule has 0 aromatic heterocycles. The average molecular weight is 288 g/mol. The van der Waals surface area contributed by atoms with Gasteiger partial charge in [0, 0.05) is 25.6 Å². The van der Waals surface area contributed by atoms with Gasteiger partial charge in [0.15, 0.2) is 0 Å². The molecule has 3 heteroatoms. The van der Waals surface area contributed by atoms with Crippen molar-refractivity contribution in [2.45, 2.75) is 58.5 Å². The van der Waals surface area contributed by atoms with Crippen LogP contribution in [0.2, 0.25) is 0 Å². The summed E-state index contributed by atoms with van der Waals surface area (Å²) in [6, 6.07) is 9.01. The molecule has 1 aromatic rings. The first-order valence-electron chi connectivity index (χ1n) is 8.25.